The van der Waals surface area contributed by atoms with Gasteiger partial charge in [-0.25, -0.2) is 4.98 Å². The monoisotopic (exact) mass is 239 g/mol. The van der Waals surface area contributed by atoms with E-state index in [2.05, 4.69) is 4.98 Å². The highest BCUT2D eigenvalue weighted by Gasteiger charge is 2.42. The van der Waals surface area contributed by atoms with Crippen LogP contribution in [0.2, 0.25) is 0 Å². The number of nitrogens with zero attached hydrogens (tertiary/aromatic N) is 1. The normalized spacial score (nSPS) is 18.9. The number of carbonyl (C=O) groups is 1. The summed E-state index contributed by atoms with van der Waals surface area (Å²) in [5, 5.41) is 10.4. The van der Waals surface area contributed by atoms with E-state index in [0.29, 0.717) is 6.42 Å². The minimum Gasteiger partial charge on any atom is -0.481 e. The van der Waals surface area contributed by atoms with Crippen molar-refractivity contribution in [2.45, 2.75) is 46.0 Å². The molecule has 0 bridgehead atoms. The third-order valence-corrected chi connectivity index (χ3v) is 4.65. The van der Waals surface area contributed by atoms with Crippen LogP contribution < -0.4 is 0 Å². The van der Waals surface area contributed by atoms with Gasteiger partial charge in [-0.05, 0) is 26.7 Å². The Hall–Kier alpha value is -0.900. The van der Waals surface area contributed by atoms with Crippen LogP contribution in [0.4, 0.5) is 0 Å². The largest absolute Gasteiger partial charge is 0.481 e. The Morgan fingerprint density at radius 3 is 2.50 bits per heavy atom. The average Bonchev–Trinajstić information content (AvgIpc) is 2.77. The predicted octanol–water partition coefficient (Wildman–Crippen LogP) is 2.95. The molecule has 1 fully saturated rings. The molecule has 4 heteroatoms. The van der Waals surface area contributed by atoms with E-state index < -0.39 is 11.4 Å². The van der Waals surface area contributed by atoms with Gasteiger partial charge in [-0.2, -0.15) is 0 Å². The minimum atomic E-state index is -0.643. The van der Waals surface area contributed by atoms with Gasteiger partial charge in [0.05, 0.1) is 16.1 Å². The van der Waals surface area contributed by atoms with Gasteiger partial charge >= 0.3 is 5.97 Å². The van der Waals surface area contributed by atoms with Crippen LogP contribution in [0.5, 0.6) is 0 Å². The Labute approximate surface area is 99.5 Å². The molecule has 0 aliphatic heterocycles. The standard InChI is InChI=1S/C12H17NO2S/c1-8-9(2)16-10(13-8)7-12(11(14)15)5-3-4-6-12/h3-7H2,1-2H3,(H,14,15). The van der Waals surface area contributed by atoms with Crippen molar-refractivity contribution in [3.63, 3.8) is 0 Å². The number of rotatable bonds is 3. The van der Waals surface area contributed by atoms with Crippen molar-refractivity contribution in [1.82, 2.24) is 4.98 Å². The maximum absolute atomic E-state index is 11.4. The summed E-state index contributed by atoms with van der Waals surface area (Å²) in [5.41, 5.74) is 0.509. The summed E-state index contributed by atoms with van der Waals surface area (Å²) in [7, 11) is 0. The fraction of sp³-hybridized carbons (Fsp3) is 0.667. The number of aliphatic carboxylic acids is 1. The molecule has 0 amide bonds. The molecule has 1 aliphatic rings. The molecule has 1 saturated carbocycles. The Bertz CT molecular complexity index is 386. The Kier molecular flexibility index (Phi) is 3.02. The van der Waals surface area contributed by atoms with Crippen LogP contribution >= 0.6 is 11.3 Å². The lowest BCUT2D eigenvalue weighted by molar-refractivity contribution is -0.148. The molecule has 0 atom stereocenters. The molecule has 1 N–H and O–H groups in total. The fourth-order valence-corrected chi connectivity index (χ4v) is 3.50. The van der Waals surface area contributed by atoms with Gasteiger partial charge in [0, 0.05) is 11.3 Å². The van der Waals surface area contributed by atoms with E-state index in [-0.39, 0.29) is 0 Å². The lowest BCUT2D eigenvalue weighted by atomic mass is 9.83. The van der Waals surface area contributed by atoms with Crippen LogP contribution in [0.1, 0.15) is 41.3 Å². The Morgan fingerprint density at radius 2 is 2.06 bits per heavy atom. The van der Waals surface area contributed by atoms with Gasteiger partial charge in [-0.3, -0.25) is 4.79 Å². The van der Waals surface area contributed by atoms with Gasteiger partial charge in [-0.1, -0.05) is 12.8 Å². The topological polar surface area (TPSA) is 50.2 Å². The van der Waals surface area contributed by atoms with E-state index in [9.17, 15) is 9.90 Å². The number of carboxylic acid groups (broad SMARTS) is 1. The highest BCUT2D eigenvalue weighted by Crippen LogP contribution is 2.42. The molecule has 16 heavy (non-hydrogen) atoms. The quantitative estimate of drug-likeness (QED) is 0.882. The summed E-state index contributed by atoms with van der Waals surface area (Å²) in [4.78, 5) is 17.1. The first kappa shape index (κ1) is 11.6. The highest BCUT2D eigenvalue weighted by atomic mass is 32.1. The molecule has 1 aromatic rings. The molecule has 0 radical (unpaired) electrons. The van der Waals surface area contributed by atoms with Gasteiger partial charge < -0.3 is 5.11 Å². The van der Waals surface area contributed by atoms with Crippen LogP contribution in [0, 0.1) is 19.3 Å². The fourth-order valence-electron chi connectivity index (χ4n) is 2.42. The zero-order chi connectivity index (χ0) is 11.8. The molecule has 0 aromatic carbocycles. The third kappa shape index (κ3) is 1.98. The molecular weight excluding hydrogens is 222 g/mol. The lowest BCUT2D eigenvalue weighted by Crippen LogP contribution is -2.30. The van der Waals surface area contributed by atoms with Crippen molar-refractivity contribution < 1.29 is 9.90 Å². The van der Waals surface area contributed by atoms with Crippen LogP contribution in [0.15, 0.2) is 0 Å². The number of aromatic nitrogens is 1. The summed E-state index contributed by atoms with van der Waals surface area (Å²) in [6, 6.07) is 0. The first-order valence-corrected chi connectivity index (χ1v) is 6.51. The van der Waals surface area contributed by atoms with E-state index in [1.165, 1.54) is 4.88 Å². The van der Waals surface area contributed by atoms with Gasteiger partial charge in [0.1, 0.15) is 0 Å². The maximum Gasteiger partial charge on any atom is 0.310 e. The first-order valence-electron chi connectivity index (χ1n) is 5.70. The molecule has 3 nitrogen and oxygen atoms in total. The van der Waals surface area contributed by atoms with Crippen molar-refractivity contribution >= 4 is 17.3 Å². The van der Waals surface area contributed by atoms with Crippen molar-refractivity contribution in [2.75, 3.05) is 0 Å². The van der Waals surface area contributed by atoms with Crippen molar-refractivity contribution in [3.05, 3.63) is 15.6 Å². The van der Waals surface area contributed by atoms with Crippen LogP contribution in [-0.4, -0.2) is 16.1 Å². The summed E-state index contributed by atoms with van der Waals surface area (Å²) in [5.74, 6) is -0.643. The number of thiazole rings is 1. The van der Waals surface area contributed by atoms with Gasteiger partial charge in [0.2, 0.25) is 0 Å². The van der Waals surface area contributed by atoms with Crippen molar-refractivity contribution in [3.8, 4) is 0 Å². The summed E-state index contributed by atoms with van der Waals surface area (Å²) < 4.78 is 0. The Balaban J connectivity index is 2.21. The van der Waals surface area contributed by atoms with Gasteiger partial charge in [-0.15, -0.1) is 11.3 Å². The van der Waals surface area contributed by atoms with Crippen LogP contribution in [-0.2, 0) is 11.2 Å². The average molecular weight is 239 g/mol. The van der Waals surface area contributed by atoms with E-state index >= 15 is 0 Å². The molecule has 0 unspecified atom stereocenters. The minimum absolute atomic E-state index is 0.531. The number of hydrogen-bond donors (Lipinski definition) is 1. The summed E-state index contributed by atoms with van der Waals surface area (Å²) >= 11 is 1.64. The van der Waals surface area contributed by atoms with E-state index in [4.69, 9.17) is 0 Å². The molecule has 1 aliphatic carbocycles. The molecule has 2 rings (SSSR count). The second kappa shape index (κ2) is 4.17. The smallest absolute Gasteiger partial charge is 0.310 e. The number of hydrogen-bond acceptors (Lipinski definition) is 3. The van der Waals surface area contributed by atoms with Crippen LogP contribution in [0.3, 0.4) is 0 Å². The van der Waals surface area contributed by atoms with E-state index in [1.807, 2.05) is 13.8 Å². The van der Waals surface area contributed by atoms with Crippen molar-refractivity contribution in [1.29, 1.82) is 0 Å². The van der Waals surface area contributed by atoms with Gasteiger partial charge in [0.15, 0.2) is 0 Å². The van der Waals surface area contributed by atoms with Crippen molar-refractivity contribution in [2.24, 2.45) is 5.41 Å². The Morgan fingerprint density at radius 1 is 1.44 bits per heavy atom. The summed E-state index contributed by atoms with van der Waals surface area (Å²) in [6.07, 6.45) is 4.30. The van der Waals surface area contributed by atoms with E-state index in [0.717, 1.165) is 36.4 Å². The zero-order valence-electron chi connectivity index (χ0n) is 9.75. The maximum atomic E-state index is 11.4. The molecule has 1 aromatic heterocycles. The molecule has 1 heterocycles. The molecule has 0 saturated heterocycles. The number of aryl methyl sites for hydroxylation is 2. The second-order valence-corrected chi connectivity index (χ2v) is 6.01. The zero-order valence-corrected chi connectivity index (χ0v) is 10.6. The first-order chi connectivity index (χ1) is 7.53. The van der Waals surface area contributed by atoms with Crippen LogP contribution in [0.25, 0.3) is 0 Å². The number of carboxylic acids is 1. The van der Waals surface area contributed by atoms with E-state index in [1.54, 1.807) is 11.3 Å². The highest BCUT2D eigenvalue weighted by molar-refractivity contribution is 7.11. The predicted molar refractivity (Wildman–Crippen MR) is 63.8 cm³/mol. The molecule has 0 spiro atoms. The van der Waals surface area contributed by atoms with Gasteiger partial charge in [0.25, 0.3) is 0 Å². The second-order valence-electron chi connectivity index (χ2n) is 4.72. The third-order valence-electron chi connectivity index (χ3n) is 3.58. The molecular formula is C12H17NO2S. The summed E-state index contributed by atoms with van der Waals surface area (Å²) in [6.45, 7) is 4.02. The SMILES string of the molecule is Cc1nc(CC2(C(=O)O)CCCC2)sc1C. The molecule has 88 valence electrons. The lowest BCUT2D eigenvalue weighted by Gasteiger charge is -2.22.